The molecule has 104 valence electrons. The Hall–Kier alpha value is -2.36. The zero-order chi connectivity index (χ0) is 14.5. The summed E-state index contributed by atoms with van der Waals surface area (Å²) in [5.41, 5.74) is 2.80. The molecular weight excluding hydrogens is 250 g/mol. The van der Waals surface area contributed by atoms with Crippen molar-refractivity contribution in [2.45, 2.75) is 6.54 Å². The number of benzene rings is 1. The van der Waals surface area contributed by atoms with Crippen molar-refractivity contribution >= 4 is 11.6 Å². The van der Waals surface area contributed by atoms with E-state index in [1.165, 1.54) is 0 Å². The highest BCUT2D eigenvalue weighted by Gasteiger charge is 2.12. The number of hydrogen-bond acceptors (Lipinski definition) is 3. The SMILES string of the molecule is CN(Cc1cccnc1)C(=O)c1ccc(N(C)C)cc1. The average molecular weight is 269 g/mol. The molecule has 0 fully saturated rings. The highest BCUT2D eigenvalue weighted by atomic mass is 16.2. The predicted octanol–water partition coefficient (Wildman–Crippen LogP) is 2.42. The van der Waals surface area contributed by atoms with E-state index in [2.05, 4.69) is 4.98 Å². The van der Waals surface area contributed by atoms with Gasteiger partial charge in [-0.15, -0.1) is 0 Å². The molecule has 4 heteroatoms. The van der Waals surface area contributed by atoms with Crippen LogP contribution in [-0.4, -0.2) is 36.9 Å². The van der Waals surface area contributed by atoms with Crippen LogP contribution in [0.3, 0.4) is 0 Å². The summed E-state index contributed by atoms with van der Waals surface area (Å²) in [5, 5.41) is 0. The van der Waals surface area contributed by atoms with Gasteiger partial charge in [0, 0.05) is 51.3 Å². The summed E-state index contributed by atoms with van der Waals surface area (Å²) >= 11 is 0. The van der Waals surface area contributed by atoms with Crippen molar-refractivity contribution in [3.8, 4) is 0 Å². The minimum absolute atomic E-state index is 0.0131. The first-order chi connectivity index (χ1) is 9.58. The molecule has 0 radical (unpaired) electrons. The van der Waals surface area contributed by atoms with Crippen molar-refractivity contribution < 1.29 is 4.79 Å². The van der Waals surface area contributed by atoms with Crippen LogP contribution in [0.4, 0.5) is 5.69 Å². The van der Waals surface area contributed by atoms with Gasteiger partial charge in [0.1, 0.15) is 0 Å². The van der Waals surface area contributed by atoms with Crippen LogP contribution in [0.2, 0.25) is 0 Å². The van der Waals surface area contributed by atoms with Gasteiger partial charge in [0.15, 0.2) is 0 Å². The van der Waals surface area contributed by atoms with Gasteiger partial charge in [-0.2, -0.15) is 0 Å². The van der Waals surface area contributed by atoms with Crippen molar-refractivity contribution in [2.24, 2.45) is 0 Å². The fraction of sp³-hybridized carbons (Fsp3) is 0.250. The van der Waals surface area contributed by atoms with Crippen LogP contribution < -0.4 is 4.90 Å². The Labute approximate surface area is 119 Å². The van der Waals surface area contributed by atoms with Crippen molar-refractivity contribution in [3.05, 3.63) is 59.9 Å². The van der Waals surface area contributed by atoms with Gasteiger partial charge in [-0.3, -0.25) is 9.78 Å². The van der Waals surface area contributed by atoms with Crippen LogP contribution in [0.15, 0.2) is 48.8 Å². The minimum Gasteiger partial charge on any atom is -0.378 e. The van der Waals surface area contributed by atoms with Crippen LogP contribution in [0.25, 0.3) is 0 Å². The maximum absolute atomic E-state index is 12.3. The van der Waals surface area contributed by atoms with Crippen LogP contribution in [0.5, 0.6) is 0 Å². The van der Waals surface area contributed by atoms with E-state index in [1.54, 1.807) is 24.3 Å². The van der Waals surface area contributed by atoms with E-state index in [1.807, 2.05) is 55.4 Å². The van der Waals surface area contributed by atoms with E-state index >= 15 is 0 Å². The number of carbonyl (C=O) groups excluding carboxylic acids is 1. The third kappa shape index (κ3) is 3.35. The molecule has 0 bridgehead atoms. The first-order valence-electron chi connectivity index (χ1n) is 6.49. The monoisotopic (exact) mass is 269 g/mol. The fourth-order valence-electron chi connectivity index (χ4n) is 1.96. The van der Waals surface area contributed by atoms with Gasteiger partial charge in [0.05, 0.1) is 0 Å². The summed E-state index contributed by atoms with van der Waals surface area (Å²) in [7, 11) is 5.76. The first kappa shape index (κ1) is 14.1. The average Bonchev–Trinajstić information content (AvgIpc) is 2.47. The van der Waals surface area contributed by atoms with Crippen LogP contribution >= 0.6 is 0 Å². The van der Waals surface area contributed by atoms with E-state index in [9.17, 15) is 4.79 Å². The molecule has 2 aromatic rings. The Kier molecular flexibility index (Phi) is 4.35. The van der Waals surface area contributed by atoms with Crippen molar-refractivity contribution in [1.29, 1.82) is 0 Å². The van der Waals surface area contributed by atoms with Gasteiger partial charge >= 0.3 is 0 Å². The molecule has 1 heterocycles. The van der Waals surface area contributed by atoms with E-state index < -0.39 is 0 Å². The summed E-state index contributed by atoms with van der Waals surface area (Å²) in [6.45, 7) is 0.558. The lowest BCUT2D eigenvalue weighted by atomic mass is 10.1. The van der Waals surface area contributed by atoms with Crippen LogP contribution in [0.1, 0.15) is 15.9 Å². The largest absolute Gasteiger partial charge is 0.378 e. The normalized spacial score (nSPS) is 10.2. The summed E-state index contributed by atoms with van der Waals surface area (Å²) in [4.78, 5) is 20.1. The summed E-state index contributed by atoms with van der Waals surface area (Å²) in [6, 6.07) is 11.5. The van der Waals surface area contributed by atoms with Gasteiger partial charge in [0.2, 0.25) is 0 Å². The number of hydrogen-bond donors (Lipinski definition) is 0. The molecular formula is C16H19N3O. The molecule has 0 N–H and O–H groups in total. The Morgan fingerprint density at radius 2 is 1.80 bits per heavy atom. The quantitative estimate of drug-likeness (QED) is 0.855. The maximum Gasteiger partial charge on any atom is 0.253 e. The van der Waals surface area contributed by atoms with Gasteiger partial charge in [-0.1, -0.05) is 6.07 Å². The number of nitrogens with zero attached hydrogens (tertiary/aromatic N) is 3. The van der Waals surface area contributed by atoms with Gasteiger partial charge in [0.25, 0.3) is 5.91 Å². The summed E-state index contributed by atoms with van der Waals surface area (Å²) < 4.78 is 0. The van der Waals surface area contributed by atoms with E-state index in [4.69, 9.17) is 0 Å². The Bertz CT molecular complexity index is 564. The second-order valence-corrected chi connectivity index (χ2v) is 4.96. The number of aromatic nitrogens is 1. The molecule has 1 aromatic carbocycles. The van der Waals surface area contributed by atoms with Crippen LogP contribution in [-0.2, 0) is 6.54 Å². The van der Waals surface area contributed by atoms with Gasteiger partial charge in [-0.25, -0.2) is 0 Å². The van der Waals surface area contributed by atoms with E-state index in [0.29, 0.717) is 12.1 Å². The molecule has 4 nitrogen and oxygen atoms in total. The molecule has 0 spiro atoms. The highest BCUT2D eigenvalue weighted by molar-refractivity contribution is 5.94. The number of pyridine rings is 1. The summed E-state index contributed by atoms with van der Waals surface area (Å²) in [6.07, 6.45) is 3.50. The standard InChI is InChI=1S/C16H19N3O/c1-18(2)15-8-6-14(7-9-15)16(20)19(3)12-13-5-4-10-17-11-13/h4-11H,12H2,1-3H3. The van der Waals surface area contributed by atoms with Gasteiger partial charge < -0.3 is 9.80 Å². The minimum atomic E-state index is 0.0131. The smallest absolute Gasteiger partial charge is 0.253 e. The molecule has 20 heavy (non-hydrogen) atoms. The number of anilines is 1. The predicted molar refractivity (Wildman–Crippen MR) is 80.8 cm³/mol. The molecule has 1 aromatic heterocycles. The number of rotatable bonds is 4. The molecule has 2 rings (SSSR count). The molecule has 1 amide bonds. The lowest BCUT2D eigenvalue weighted by molar-refractivity contribution is 0.0785. The van der Waals surface area contributed by atoms with Crippen molar-refractivity contribution in [3.63, 3.8) is 0 Å². The summed E-state index contributed by atoms with van der Waals surface area (Å²) in [5.74, 6) is 0.0131. The maximum atomic E-state index is 12.3. The third-order valence-electron chi connectivity index (χ3n) is 3.12. The van der Waals surface area contributed by atoms with E-state index in [0.717, 1.165) is 11.3 Å². The molecule has 0 saturated heterocycles. The highest BCUT2D eigenvalue weighted by Crippen LogP contribution is 2.14. The Morgan fingerprint density at radius 3 is 2.35 bits per heavy atom. The van der Waals surface area contributed by atoms with E-state index in [-0.39, 0.29) is 5.91 Å². The Balaban J connectivity index is 2.06. The molecule has 0 aliphatic rings. The molecule has 0 aliphatic heterocycles. The zero-order valence-corrected chi connectivity index (χ0v) is 12.1. The Morgan fingerprint density at radius 1 is 1.10 bits per heavy atom. The van der Waals surface area contributed by atoms with Crippen LogP contribution in [0, 0.1) is 0 Å². The lowest BCUT2D eigenvalue weighted by Crippen LogP contribution is -2.26. The van der Waals surface area contributed by atoms with Crippen molar-refractivity contribution in [1.82, 2.24) is 9.88 Å². The molecule has 0 saturated carbocycles. The topological polar surface area (TPSA) is 36.4 Å². The van der Waals surface area contributed by atoms with Gasteiger partial charge in [-0.05, 0) is 35.9 Å². The number of carbonyl (C=O) groups is 1. The molecule has 0 atom stereocenters. The first-order valence-corrected chi connectivity index (χ1v) is 6.49. The fourth-order valence-corrected chi connectivity index (χ4v) is 1.96. The second-order valence-electron chi connectivity index (χ2n) is 4.96. The lowest BCUT2D eigenvalue weighted by Gasteiger charge is -2.18. The number of amides is 1. The third-order valence-corrected chi connectivity index (χ3v) is 3.12. The van der Waals surface area contributed by atoms with Crippen molar-refractivity contribution in [2.75, 3.05) is 26.0 Å². The molecule has 0 unspecified atom stereocenters. The second kappa shape index (κ2) is 6.19. The zero-order valence-electron chi connectivity index (χ0n) is 12.1. The molecule has 0 aliphatic carbocycles.